The molecule has 1 saturated heterocycles. The maximum atomic E-state index is 13.1. The Morgan fingerprint density at radius 2 is 2.15 bits per heavy atom. The average Bonchev–Trinajstić information content (AvgIpc) is 2.89. The van der Waals surface area contributed by atoms with Gasteiger partial charge in [0.2, 0.25) is 0 Å². The summed E-state index contributed by atoms with van der Waals surface area (Å²) < 4.78 is 44.7. The van der Waals surface area contributed by atoms with Crippen molar-refractivity contribution in [2.24, 2.45) is 0 Å². The van der Waals surface area contributed by atoms with Crippen LogP contribution in [0.5, 0.6) is 0 Å². The van der Waals surface area contributed by atoms with Crippen molar-refractivity contribution >= 4 is 5.69 Å². The number of halogens is 3. The quantitative estimate of drug-likeness (QED) is 0.925. The Bertz CT molecular complexity index is 456. The molecule has 1 aliphatic rings. The predicted octanol–water partition coefficient (Wildman–Crippen LogP) is 2.81. The van der Waals surface area contributed by atoms with Crippen LogP contribution in [0.3, 0.4) is 0 Å². The van der Waals surface area contributed by atoms with Gasteiger partial charge in [0.25, 0.3) is 0 Å². The SMILES string of the molecule is CN(CC1CCCO1)c1ccc(CO)cc1C(F)(F)F. The second-order valence-electron chi connectivity index (χ2n) is 5.02. The standard InChI is InChI=1S/C14H18F3NO2/c1-18(8-11-3-2-6-20-11)13-5-4-10(9-19)7-12(13)14(15,16)17/h4-5,7,11,19H,2-3,6,8-9H2,1H3. The number of alkyl halides is 3. The molecule has 0 aliphatic carbocycles. The van der Waals surface area contributed by atoms with E-state index < -0.39 is 18.3 Å². The molecular formula is C14H18F3NO2. The molecule has 112 valence electrons. The van der Waals surface area contributed by atoms with Crippen molar-refractivity contribution in [2.75, 3.05) is 25.1 Å². The van der Waals surface area contributed by atoms with E-state index in [9.17, 15) is 13.2 Å². The summed E-state index contributed by atoms with van der Waals surface area (Å²) in [5.74, 6) is 0. The lowest BCUT2D eigenvalue weighted by atomic mass is 10.1. The first-order chi connectivity index (χ1) is 9.41. The number of hydrogen-bond donors (Lipinski definition) is 1. The molecule has 0 saturated carbocycles. The fourth-order valence-corrected chi connectivity index (χ4v) is 2.43. The highest BCUT2D eigenvalue weighted by Crippen LogP contribution is 2.37. The summed E-state index contributed by atoms with van der Waals surface area (Å²) in [6, 6.07) is 3.92. The molecule has 1 heterocycles. The molecule has 2 rings (SSSR count). The third kappa shape index (κ3) is 3.43. The molecule has 1 atom stereocenters. The lowest BCUT2D eigenvalue weighted by molar-refractivity contribution is -0.137. The first kappa shape index (κ1) is 15.1. The van der Waals surface area contributed by atoms with Crippen LogP contribution in [0.4, 0.5) is 18.9 Å². The average molecular weight is 289 g/mol. The summed E-state index contributed by atoms with van der Waals surface area (Å²) in [5.41, 5.74) is -0.346. The maximum absolute atomic E-state index is 13.1. The summed E-state index contributed by atoms with van der Waals surface area (Å²) in [4.78, 5) is 1.57. The van der Waals surface area contributed by atoms with E-state index >= 15 is 0 Å². The lowest BCUT2D eigenvalue weighted by Gasteiger charge is -2.26. The van der Waals surface area contributed by atoms with Crippen LogP contribution in [0.1, 0.15) is 24.0 Å². The Labute approximate surface area is 116 Å². The maximum Gasteiger partial charge on any atom is 0.418 e. The minimum Gasteiger partial charge on any atom is -0.392 e. The zero-order valence-electron chi connectivity index (χ0n) is 11.3. The van der Waals surface area contributed by atoms with Crippen LogP contribution in [0.25, 0.3) is 0 Å². The predicted molar refractivity (Wildman–Crippen MR) is 69.6 cm³/mol. The molecule has 6 heteroatoms. The molecule has 0 spiro atoms. The van der Waals surface area contributed by atoms with Crippen molar-refractivity contribution in [3.8, 4) is 0 Å². The molecule has 0 aromatic heterocycles. The van der Waals surface area contributed by atoms with Gasteiger partial charge in [-0.2, -0.15) is 13.2 Å². The number of nitrogens with zero attached hydrogens (tertiary/aromatic N) is 1. The first-order valence-corrected chi connectivity index (χ1v) is 6.55. The van der Waals surface area contributed by atoms with E-state index in [1.807, 2.05) is 0 Å². The van der Waals surface area contributed by atoms with E-state index in [1.165, 1.54) is 12.1 Å². The lowest BCUT2D eigenvalue weighted by Crippen LogP contribution is -2.30. The molecular weight excluding hydrogens is 271 g/mol. The first-order valence-electron chi connectivity index (χ1n) is 6.55. The zero-order chi connectivity index (χ0) is 14.8. The van der Waals surface area contributed by atoms with Gasteiger partial charge in [0, 0.05) is 25.9 Å². The van der Waals surface area contributed by atoms with Crippen molar-refractivity contribution < 1.29 is 23.0 Å². The van der Waals surface area contributed by atoms with Crippen molar-refractivity contribution in [3.05, 3.63) is 29.3 Å². The largest absolute Gasteiger partial charge is 0.418 e. The fourth-order valence-electron chi connectivity index (χ4n) is 2.43. The van der Waals surface area contributed by atoms with E-state index in [4.69, 9.17) is 9.84 Å². The molecule has 0 bridgehead atoms. The Morgan fingerprint density at radius 3 is 2.70 bits per heavy atom. The Balaban J connectivity index is 2.24. The van der Waals surface area contributed by atoms with Gasteiger partial charge in [-0.1, -0.05) is 6.07 Å². The topological polar surface area (TPSA) is 32.7 Å². The molecule has 1 N–H and O–H groups in total. The van der Waals surface area contributed by atoms with Crippen LogP contribution in [0.15, 0.2) is 18.2 Å². The van der Waals surface area contributed by atoms with Crippen LogP contribution in [0.2, 0.25) is 0 Å². The van der Waals surface area contributed by atoms with Gasteiger partial charge in [0.05, 0.1) is 18.3 Å². The normalized spacial score (nSPS) is 19.4. The summed E-state index contributed by atoms with van der Waals surface area (Å²) >= 11 is 0. The molecule has 1 aromatic rings. The number of rotatable bonds is 4. The highest BCUT2D eigenvalue weighted by molar-refractivity contribution is 5.56. The number of aliphatic hydroxyl groups is 1. The van der Waals surface area contributed by atoms with Crippen molar-refractivity contribution in [2.45, 2.75) is 31.7 Å². The minimum atomic E-state index is -4.44. The molecule has 3 nitrogen and oxygen atoms in total. The van der Waals surface area contributed by atoms with Crippen LogP contribution < -0.4 is 4.90 Å². The van der Waals surface area contributed by atoms with Crippen LogP contribution in [0, 0.1) is 0 Å². The fraction of sp³-hybridized carbons (Fsp3) is 0.571. The van der Waals surface area contributed by atoms with Crippen molar-refractivity contribution in [1.29, 1.82) is 0 Å². The molecule has 1 aliphatic heterocycles. The van der Waals surface area contributed by atoms with Crippen LogP contribution in [-0.2, 0) is 17.5 Å². The Kier molecular flexibility index (Phi) is 4.55. The van der Waals surface area contributed by atoms with Gasteiger partial charge >= 0.3 is 6.18 Å². The number of aliphatic hydroxyl groups excluding tert-OH is 1. The van der Waals surface area contributed by atoms with Crippen LogP contribution in [-0.4, -0.2) is 31.4 Å². The van der Waals surface area contributed by atoms with Gasteiger partial charge in [-0.15, -0.1) is 0 Å². The zero-order valence-corrected chi connectivity index (χ0v) is 11.3. The monoisotopic (exact) mass is 289 g/mol. The number of ether oxygens (including phenoxy) is 1. The summed E-state index contributed by atoms with van der Waals surface area (Å²) in [6.07, 6.45) is -2.63. The van der Waals surface area contributed by atoms with Gasteiger partial charge in [0.1, 0.15) is 0 Å². The second-order valence-corrected chi connectivity index (χ2v) is 5.02. The molecule has 1 unspecified atom stereocenters. The Morgan fingerprint density at radius 1 is 1.40 bits per heavy atom. The second kappa shape index (κ2) is 6.01. The van der Waals surface area contributed by atoms with Gasteiger partial charge in [0.15, 0.2) is 0 Å². The third-order valence-corrected chi connectivity index (χ3v) is 3.46. The van der Waals surface area contributed by atoms with Crippen molar-refractivity contribution in [1.82, 2.24) is 0 Å². The molecule has 20 heavy (non-hydrogen) atoms. The van der Waals surface area contributed by atoms with Gasteiger partial charge in [-0.05, 0) is 30.5 Å². The smallest absolute Gasteiger partial charge is 0.392 e. The minimum absolute atomic E-state index is 0.0152. The van der Waals surface area contributed by atoms with Gasteiger partial charge < -0.3 is 14.7 Å². The molecule has 0 radical (unpaired) electrons. The van der Waals surface area contributed by atoms with Gasteiger partial charge in [-0.3, -0.25) is 0 Å². The van der Waals surface area contributed by atoms with Crippen molar-refractivity contribution in [3.63, 3.8) is 0 Å². The van der Waals surface area contributed by atoms with Crippen LogP contribution >= 0.6 is 0 Å². The molecule has 0 amide bonds. The highest BCUT2D eigenvalue weighted by Gasteiger charge is 2.35. The number of likely N-dealkylation sites (N-methyl/N-ethyl adjacent to an activating group) is 1. The number of anilines is 1. The number of benzene rings is 1. The van der Waals surface area contributed by atoms with E-state index in [0.717, 1.165) is 18.9 Å². The van der Waals surface area contributed by atoms with E-state index in [2.05, 4.69) is 0 Å². The highest BCUT2D eigenvalue weighted by atomic mass is 19.4. The number of hydrogen-bond acceptors (Lipinski definition) is 3. The van der Waals surface area contributed by atoms with Gasteiger partial charge in [-0.25, -0.2) is 0 Å². The van der Waals surface area contributed by atoms with E-state index in [0.29, 0.717) is 13.2 Å². The third-order valence-electron chi connectivity index (χ3n) is 3.46. The van der Waals surface area contributed by atoms with E-state index in [1.54, 1.807) is 11.9 Å². The van der Waals surface area contributed by atoms with E-state index in [-0.39, 0.29) is 17.4 Å². The molecule has 1 aromatic carbocycles. The summed E-state index contributed by atoms with van der Waals surface area (Å²) in [7, 11) is 1.63. The summed E-state index contributed by atoms with van der Waals surface area (Å²) in [5, 5.41) is 8.99. The Hall–Kier alpha value is -1.27. The molecule has 1 fully saturated rings. The summed E-state index contributed by atoms with van der Waals surface area (Å²) in [6.45, 7) is 0.703.